The number of furan rings is 1. The number of anilines is 1. The Morgan fingerprint density at radius 1 is 0.929 bits per heavy atom. The van der Waals surface area contributed by atoms with Crippen LogP contribution in [-0.4, -0.2) is 11.8 Å². The second-order valence-corrected chi connectivity index (χ2v) is 7.66. The first-order chi connectivity index (χ1) is 13.6. The second-order valence-electron chi connectivity index (χ2n) is 6.67. The number of amides is 2. The van der Waals surface area contributed by atoms with E-state index in [2.05, 4.69) is 0 Å². The highest BCUT2D eigenvalue weighted by atomic mass is 32.2. The van der Waals surface area contributed by atoms with Gasteiger partial charge in [0.15, 0.2) is 0 Å². The lowest BCUT2D eigenvalue weighted by Gasteiger charge is -2.18. The summed E-state index contributed by atoms with van der Waals surface area (Å²) in [6, 6.07) is 18.8. The van der Waals surface area contributed by atoms with Crippen LogP contribution in [0.25, 0.3) is 5.57 Å². The van der Waals surface area contributed by atoms with Crippen LogP contribution in [0.5, 0.6) is 0 Å². The highest BCUT2D eigenvalue weighted by Crippen LogP contribution is 2.40. The van der Waals surface area contributed by atoms with E-state index >= 15 is 0 Å². The van der Waals surface area contributed by atoms with Crippen LogP contribution in [0.4, 0.5) is 5.69 Å². The summed E-state index contributed by atoms with van der Waals surface area (Å²) in [6.07, 6.45) is 1.60. The molecule has 28 heavy (non-hydrogen) atoms. The van der Waals surface area contributed by atoms with E-state index in [9.17, 15) is 9.59 Å². The number of aryl methyl sites for hydroxylation is 2. The summed E-state index contributed by atoms with van der Waals surface area (Å²) in [4.78, 5) is 28.4. The topological polar surface area (TPSA) is 50.5 Å². The smallest absolute Gasteiger partial charge is 0.272 e. The summed E-state index contributed by atoms with van der Waals surface area (Å²) in [6.45, 7) is 3.90. The highest BCUT2D eigenvalue weighted by Gasteiger charge is 2.40. The molecule has 0 radical (unpaired) electrons. The maximum Gasteiger partial charge on any atom is 0.272 e. The molecule has 4 rings (SSSR count). The van der Waals surface area contributed by atoms with Gasteiger partial charge in [0, 0.05) is 0 Å². The minimum Gasteiger partial charge on any atom is -0.468 e. The summed E-state index contributed by atoms with van der Waals surface area (Å²) < 4.78 is 5.39. The van der Waals surface area contributed by atoms with Gasteiger partial charge in [-0.05, 0) is 43.2 Å². The van der Waals surface area contributed by atoms with Gasteiger partial charge in [-0.15, -0.1) is 11.8 Å². The van der Waals surface area contributed by atoms with E-state index in [0.29, 0.717) is 21.9 Å². The van der Waals surface area contributed by atoms with Crippen LogP contribution in [0.3, 0.4) is 0 Å². The Hall–Kier alpha value is -3.05. The fourth-order valence-corrected chi connectivity index (χ4v) is 4.33. The van der Waals surface area contributed by atoms with E-state index in [1.807, 2.05) is 74.5 Å². The molecule has 1 aliphatic rings. The molecule has 0 fully saturated rings. The monoisotopic (exact) mass is 389 g/mol. The van der Waals surface area contributed by atoms with Gasteiger partial charge in [0.25, 0.3) is 11.8 Å². The lowest BCUT2D eigenvalue weighted by atomic mass is 10.1. The largest absolute Gasteiger partial charge is 0.468 e. The maximum absolute atomic E-state index is 13.3. The van der Waals surface area contributed by atoms with Crippen molar-refractivity contribution < 1.29 is 14.0 Å². The average Bonchev–Trinajstić information content (AvgIpc) is 3.28. The average molecular weight is 389 g/mol. The Morgan fingerprint density at radius 2 is 1.71 bits per heavy atom. The zero-order valence-corrected chi connectivity index (χ0v) is 16.5. The lowest BCUT2D eigenvalue weighted by Crippen LogP contribution is -2.32. The number of hydrogen-bond donors (Lipinski definition) is 0. The summed E-state index contributed by atoms with van der Waals surface area (Å²) >= 11 is 1.34. The molecule has 2 heterocycles. The number of hydrogen-bond acceptors (Lipinski definition) is 4. The van der Waals surface area contributed by atoms with Gasteiger partial charge in [0.1, 0.15) is 5.76 Å². The molecule has 1 aliphatic heterocycles. The third kappa shape index (κ3) is 3.29. The minimum atomic E-state index is -0.287. The summed E-state index contributed by atoms with van der Waals surface area (Å²) in [5.41, 5.74) is 3.80. The second kappa shape index (κ2) is 7.52. The van der Waals surface area contributed by atoms with Crippen molar-refractivity contribution in [2.45, 2.75) is 19.6 Å². The van der Waals surface area contributed by atoms with Gasteiger partial charge in [0.2, 0.25) is 0 Å². The first-order valence-corrected chi connectivity index (χ1v) is 9.95. The molecule has 140 valence electrons. The molecule has 0 aliphatic carbocycles. The maximum atomic E-state index is 13.3. The molecular weight excluding hydrogens is 370 g/mol. The molecule has 0 N–H and O–H groups in total. The van der Waals surface area contributed by atoms with Crippen molar-refractivity contribution >= 4 is 34.8 Å². The van der Waals surface area contributed by atoms with Crippen molar-refractivity contribution in [3.8, 4) is 0 Å². The van der Waals surface area contributed by atoms with Gasteiger partial charge < -0.3 is 4.42 Å². The molecule has 0 saturated carbocycles. The third-order valence-corrected chi connectivity index (χ3v) is 5.73. The summed E-state index contributed by atoms with van der Waals surface area (Å²) in [7, 11) is 0. The fraction of sp³-hybridized carbons (Fsp3) is 0.130. The van der Waals surface area contributed by atoms with Crippen LogP contribution in [0, 0.1) is 13.8 Å². The minimum absolute atomic E-state index is 0.285. The van der Waals surface area contributed by atoms with E-state index in [1.54, 1.807) is 6.26 Å². The van der Waals surface area contributed by atoms with Crippen molar-refractivity contribution in [1.82, 2.24) is 0 Å². The number of thioether (sulfide) groups is 1. The van der Waals surface area contributed by atoms with Crippen LogP contribution in [0.1, 0.15) is 22.5 Å². The van der Waals surface area contributed by atoms with Crippen LogP contribution < -0.4 is 4.90 Å². The summed E-state index contributed by atoms with van der Waals surface area (Å²) in [5, 5.41) is 0. The Balaban J connectivity index is 1.76. The van der Waals surface area contributed by atoms with Gasteiger partial charge in [0.05, 0.1) is 28.2 Å². The van der Waals surface area contributed by atoms with Crippen molar-refractivity contribution in [3.05, 3.63) is 94.3 Å². The van der Waals surface area contributed by atoms with E-state index in [0.717, 1.165) is 22.5 Å². The Kier molecular flexibility index (Phi) is 4.92. The molecule has 3 aromatic rings. The predicted molar refractivity (Wildman–Crippen MR) is 112 cm³/mol. The zero-order valence-electron chi connectivity index (χ0n) is 15.6. The molecule has 1 aromatic heterocycles. The number of imide groups is 1. The fourth-order valence-electron chi connectivity index (χ4n) is 3.32. The normalized spacial score (nSPS) is 14.3. The zero-order chi connectivity index (χ0) is 19.7. The van der Waals surface area contributed by atoms with Crippen LogP contribution in [0.15, 0.2) is 76.2 Å². The number of rotatable bonds is 5. The van der Waals surface area contributed by atoms with Gasteiger partial charge in [-0.3, -0.25) is 9.59 Å². The predicted octanol–water partition coefficient (Wildman–Crippen LogP) is 5.11. The van der Waals surface area contributed by atoms with Crippen molar-refractivity contribution in [2.24, 2.45) is 0 Å². The molecule has 4 nitrogen and oxygen atoms in total. The molecule has 0 atom stereocenters. The van der Waals surface area contributed by atoms with Crippen LogP contribution in [0.2, 0.25) is 0 Å². The van der Waals surface area contributed by atoms with Crippen LogP contribution >= 0.6 is 11.8 Å². The van der Waals surface area contributed by atoms with E-state index < -0.39 is 0 Å². The first-order valence-electron chi connectivity index (χ1n) is 8.97. The lowest BCUT2D eigenvalue weighted by molar-refractivity contribution is -0.119. The number of nitrogens with zero attached hydrogens (tertiary/aromatic N) is 1. The van der Waals surface area contributed by atoms with Gasteiger partial charge in [-0.1, -0.05) is 48.0 Å². The van der Waals surface area contributed by atoms with E-state index in [4.69, 9.17) is 4.42 Å². The van der Waals surface area contributed by atoms with Crippen molar-refractivity contribution in [1.29, 1.82) is 0 Å². The Morgan fingerprint density at radius 3 is 2.39 bits per heavy atom. The highest BCUT2D eigenvalue weighted by molar-refractivity contribution is 8.03. The van der Waals surface area contributed by atoms with E-state index in [1.165, 1.54) is 16.7 Å². The Bertz CT molecular complexity index is 1070. The van der Waals surface area contributed by atoms with Crippen molar-refractivity contribution in [2.75, 3.05) is 4.90 Å². The number of carbonyl (C=O) groups is 2. The Labute approximate surface area is 167 Å². The van der Waals surface area contributed by atoms with Gasteiger partial charge >= 0.3 is 0 Å². The summed E-state index contributed by atoms with van der Waals surface area (Å²) in [5.74, 6) is 0.672. The molecule has 0 spiro atoms. The van der Waals surface area contributed by atoms with Crippen molar-refractivity contribution in [3.63, 3.8) is 0 Å². The number of carbonyl (C=O) groups excluding carboxylic acids is 2. The van der Waals surface area contributed by atoms with E-state index in [-0.39, 0.29) is 11.8 Å². The molecule has 2 aromatic carbocycles. The first kappa shape index (κ1) is 18.3. The van der Waals surface area contributed by atoms with Crippen LogP contribution in [-0.2, 0) is 15.3 Å². The quantitative estimate of drug-likeness (QED) is 0.569. The third-order valence-electron chi connectivity index (χ3n) is 4.64. The molecule has 0 saturated heterocycles. The molecule has 0 bridgehead atoms. The SMILES string of the molecule is Cc1ccc(N2C(=O)C(SCc3ccco3)=C(c3ccccc3)C2=O)c(C)c1. The molecule has 5 heteroatoms. The molecular formula is C23H19NO3S. The molecule has 0 unspecified atom stereocenters. The van der Waals surface area contributed by atoms with Gasteiger partial charge in [-0.2, -0.15) is 0 Å². The number of benzene rings is 2. The molecule has 2 amide bonds. The standard InChI is InChI=1S/C23H19NO3S/c1-15-10-11-19(16(2)13-15)24-22(25)20(17-7-4-3-5-8-17)21(23(24)26)28-14-18-9-6-12-27-18/h3-13H,14H2,1-2H3. The van der Waals surface area contributed by atoms with Gasteiger partial charge in [-0.25, -0.2) is 4.90 Å².